The molecule has 1 aliphatic rings. The van der Waals surface area contributed by atoms with Crippen LogP contribution < -0.4 is 0 Å². The second kappa shape index (κ2) is 4.56. The summed E-state index contributed by atoms with van der Waals surface area (Å²) in [6.07, 6.45) is 6.76. The van der Waals surface area contributed by atoms with Crippen LogP contribution in [0.5, 0.6) is 0 Å². The Hall–Kier alpha value is -1.18. The lowest BCUT2D eigenvalue weighted by molar-refractivity contribution is 0.112. The zero-order valence-electron chi connectivity index (χ0n) is 8.71. The number of hydrogen-bond donors (Lipinski definition) is 0. The molecule has 0 unspecified atom stereocenters. The average Bonchev–Trinajstić information content (AvgIpc) is 2.30. The van der Waals surface area contributed by atoms with Gasteiger partial charge in [0.15, 0.2) is 0 Å². The van der Waals surface area contributed by atoms with Gasteiger partial charge in [0.25, 0.3) is 0 Å². The highest BCUT2D eigenvalue weighted by Gasteiger charge is 2.18. The van der Waals surface area contributed by atoms with Crippen molar-refractivity contribution in [2.75, 3.05) is 0 Å². The van der Waals surface area contributed by atoms with E-state index in [1.807, 2.05) is 0 Å². The highest BCUT2D eigenvalue weighted by atomic mass is 19.1. The summed E-state index contributed by atoms with van der Waals surface area (Å²) in [6.45, 7) is 0. The van der Waals surface area contributed by atoms with E-state index < -0.39 is 0 Å². The molecule has 1 aromatic carbocycles. The minimum Gasteiger partial charge on any atom is -0.298 e. The van der Waals surface area contributed by atoms with Crippen LogP contribution in [0.4, 0.5) is 4.39 Å². The van der Waals surface area contributed by atoms with Crippen LogP contribution in [0.1, 0.15) is 53.9 Å². The van der Waals surface area contributed by atoms with E-state index in [2.05, 4.69) is 0 Å². The lowest BCUT2D eigenvalue weighted by Gasteiger charge is -2.23. The monoisotopic (exact) mass is 206 g/mol. The van der Waals surface area contributed by atoms with E-state index in [9.17, 15) is 9.18 Å². The van der Waals surface area contributed by atoms with Crippen LogP contribution in [0.3, 0.4) is 0 Å². The van der Waals surface area contributed by atoms with E-state index in [4.69, 9.17) is 0 Å². The number of benzene rings is 1. The Morgan fingerprint density at radius 1 is 1.20 bits per heavy atom. The average molecular weight is 206 g/mol. The Morgan fingerprint density at radius 2 is 1.93 bits per heavy atom. The van der Waals surface area contributed by atoms with Gasteiger partial charge in [-0.2, -0.15) is 0 Å². The van der Waals surface area contributed by atoms with Gasteiger partial charge in [-0.15, -0.1) is 0 Å². The normalized spacial score (nSPS) is 17.7. The quantitative estimate of drug-likeness (QED) is 0.674. The predicted molar refractivity (Wildman–Crippen MR) is 57.6 cm³/mol. The third-order valence-corrected chi connectivity index (χ3v) is 3.22. The molecule has 0 amide bonds. The van der Waals surface area contributed by atoms with E-state index in [0.717, 1.165) is 24.7 Å². The molecule has 1 saturated carbocycles. The SMILES string of the molecule is O=Cc1cc(F)ccc1C1CCCCC1. The molecule has 1 aromatic rings. The molecule has 0 radical (unpaired) electrons. The topological polar surface area (TPSA) is 17.1 Å². The Morgan fingerprint density at radius 3 is 2.60 bits per heavy atom. The van der Waals surface area contributed by atoms with Crippen LogP contribution >= 0.6 is 0 Å². The number of carbonyl (C=O) groups is 1. The van der Waals surface area contributed by atoms with Crippen LogP contribution in [0.15, 0.2) is 18.2 Å². The molecule has 1 aliphatic carbocycles. The van der Waals surface area contributed by atoms with Gasteiger partial charge in [0, 0.05) is 5.56 Å². The minimum absolute atomic E-state index is 0.323. The summed E-state index contributed by atoms with van der Waals surface area (Å²) >= 11 is 0. The Balaban J connectivity index is 2.29. The van der Waals surface area contributed by atoms with Gasteiger partial charge in [0.05, 0.1) is 0 Å². The molecule has 1 nitrogen and oxygen atoms in total. The van der Waals surface area contributed by atoms with Gasteiger partial charge < -0.3 is 0 Å². The molecule has 0 bridgehead atoms. The molecule has 0 atom stereocenters. The molecular weight excluding hydrogens is 191 g/mol. The van der Waals surface area contributed by atoms with Crippen molar-refractivity contribution in [2.24, 2.45) is 0 Å². The lowest BCUT2D eigenvalue weighted by atomic mass is 9.82. The summed E-state index contributed by atoms with van der Waals surface area (Å²) < 4.78 is 12.9. The maximum Gasteiger partial charge on any atom is 0.150 e. The summed E-state index contributed by atoms with van der Waals surface area (Å²) in [5, 5.41) is 0. The fourth-order valence-corrected chi connectivity index (χ4v) is 2.43. The minimum atomic E-state index is -0.323. The van der Waals surface area contributed by atoms with Gasteiger partial charge in [-0.25, -0.2) is 4.39 Å². The van der Waals surface area contributed by atoms with Gasteiger partial charge in [-0.3, -0.25) is 4.79 Å². The predicted octanol–water partition coefficient (Wildman–Crippen LogP) is 3.69. The summed E-state index contributed by atoms with van der Waals surface area (Å²) in [7, 11) is 0. The van der Waals surface area contributed by atoms with Crippen molar-refractivity contribution in [1.82, 2.24) is 0 Å². The molecule has 0 aromatic heterocycles. The summed E-state index contributed by atoms with van der Waals surface area (Å²) in [5.74, 6) is 0.135. The van der Waals surface area contributed by atoms with Crippen LogP contribution in [-0.4, -0.2) is 6.29 Å². The molecule has 1 fully saturated rings. The third-order valence-electron chi connectivity index (χ3n) is 3.22. The Bertz CT molecular complexity index is 354. The van der Waals surface area contributed by atoms with Crippen molar-refractivity contribution < 1.29 is 9.18 Å². The molecule has 15 heavy (non-hydrogen) atoms. The van der Waals surface area contributed by atoms with Crippen molar-refractivity contribution in [2.45, 2.75) is 38.0 Å². The lowest BCUT2D eigenvalue weighted by Crippen LogP contribution is -2.07. The Labute approximate surface area is 89.3 Å². The molecular formula is C13H15FO. The van der Waals surface area contributed by atoms with E-state index in [1.165, 1.54) is 31.4 Å². The summed E-state index contributed by atoms with van der Waals surface area (Å²) in [6, 6.07) is 4.57. The van der Waals surface area contributed by atoms with E-state index >= 15 is 0 Å². The highest BCUT2D eigenvalue weighted by molar-refractivity contribution is 5.77. The third kappa shape index (κ3) is 2.25. The van der Waals surface area contributed by atoms with Crippen LogP contribution in [0.2, 0.25) is 0 Å². The molecule has 0 aliphatic heterocycles. The number of rotatable bonds is 2. The number of carbonyl (C=O) groups excluding carboxylic acids is 1. The molecule has 2 heteroatoms. The molecule has 80 valence electrons. The second-order valence-electron chi connectivity index (χ2n) is 4.23. The van der Waals surface area contributed by atoms with E-state index in [0.29, 0.717) is 11.5 Å². The standard InChI is InChI=1S/C13H15FO/c14-12-6-7-13(11(8-12)9-15)10-4-2-1-3-5-10/h6-10H,1-5H2. The van der Waals surface area contributed by atoms with Crippen molar-refractivity contribution in [3.8, 4) is 0 Å². The van der Waals surface area contributed by atoms with Crippen molar-refractivity contribution in [3.05, 3.63) is 35.1 Å². The zero-order valence-corrected chi connectivity index (χ0v) is 8.71. The van der Waals surface area contributed by atoms with Gasteiger partial charge in [-0.05, 0) is 36.5 Å². The fraction of sp³-hybridized carbons (Fsp3) is 0.462. The summed E-state index contributed by atoms with van der Waals surface area (Å²) in [5.41, 5.74) is 1.56. The molecule has 2 rings (SSSR count). The van der Waals surface area contributed by atoms with Gasteiger partial charge >= 0.3 is 0 Å². The molecule has 0 spiro atoms. The fourth-order valence-electron chi connectivity index (χ4n) is 2.43. The number of halogens is 1. The maximum atomic E-state index is 12.9. The van der Waals surface area contributed by atoms with Gasteiger partial charge in [0.2, 0.25) is 0 Å². The first-order valence-corrected chi connectivity index (χ1v) is 5.56. The first-order valence-electron chi connectivity index (χ1n) is 5.56. The smallest absolute Gasteiger partial charge is 0.150 e. The van der Waals surface area contributed by atoms with Crippen molar-refractivity contribution in [3.63, 3.8) is 0 Å². The van der Waals surface area contributed by atoms with Gasteiger partial charge in [-0.1, -0.05) is 25.3 Å². The van der Waals surface area contributed by atoms with Crippen LogP contribution in [0.25, 0.3) is 0 Å². The number of aldehydes is 1. The highest BCUT2D eigenvalue weighted by Crippen LogP contribution is 2.34. The van der Waals surface area contributed by atoms with Crippen molar-refractivity contribution >= 4 is 6.29 Å². The molecule has 0 N–H and O–H groups in total. The largest absolute Gasteiger partial charge is 0.298 e. The second-order valence-corrected chi connectivity index (χ2v) is 4.23. The first kappa shape index (κ1) is 10.3. The van der Waals surface area contributed by atoms with Crippen molar-refractivity contribution in [1.29, 1.82) is 0 Å². The summed E-state index contributed by atoms with van der Waals surface area (Å²) in [4.78, 5) is 10.9. The van der Waals surface area contributed by atoms with E-state index in [-0.39, 0.29) is 5.82 Å². The molecule has 0 saturated heterocycles. The van der Waals surface area contributed by atoms with Crippen LogP contribution in [-0.2, 0) is 0 Å². The maximum absolute atomic E-state index is 12.9. The first-order chi connectivity index (χ1) is 7.31. The number of hydrogen-bond acceptors (Lipinski definition) is 1. The van der Waals surface area contributed by atoms with E-state index in [1.54, 1.807) is 6.07 Å². The van der Waals surface area contributed by atoms with Gasteiger partial charge in [0.1, 0.15) is 12.1 Å². The zero-order chi connectivity index (χ0) is 10.7. The molecule has 0 heterocycles. The Kier molecular flexibility index (Phi) is 3.14. The van der Waals surface area contributed by atoms with Crippen LogP contribution in [0, 0.1) is 5.82 Å².